The molecule has 42 heavy (non-hydrogen) atoms. The van der Waals surface area contributed by atoms with Gasteiger partial charge in [0.25, 0.3) is 0 Å². The summed E-state index contributed by atoms with van der Waals surface area (Å²) in [5.41, 5.74) is 18.2. The van der Waals surface area contributed by atoms with Crippen molar-refractivity contribution in [2.24, 2.45) is 0 Å². The van der Waals surface area contributed by atoms with Crippen molar-refractivity contribution in [3.63, 3.8) is 0 Å². The van der Waals surface area contributed by atoms with Crippen molar-refractivity contribution in [1.82, 2.24) is 10.2 Å². The van der Waals surface area contributed by atoms with Crippen LogP contribution in [0.15, 0.2) is 97.3 Å². The van der Waals surface area contributed by atoms with Crippen molar-refractivity contribution in [3.05, 3.63) is 131 Å². The van der Waals surface area contributed by atoms with Crippen LogP contribution in [0.3, 0.4) is 0 Å². The highest BCUT2D eigenvalue weighted by Gasteiger charge is 2.47. The van der Waals surface area contributed by atoms with E-state index in [0.717, 1.165) is 0 Å². The Morgan fingerprint density at radius 3 is 1.19 bits per heavy atom. The minimum Gasteiger partial charge on any atom is -0.158 e. The summed E-state index contributed by atoms with van der Waals surface area (Å²) >= 11 is 0. The number of aromatic nitrogens is 2. The Hall–Kier alpha value is -4.56. The summed E-state index contributed by atoms with van der Waals surface area (Å²) in [5, 5.41) is 11.2. The Bertz CT molecular complexity index is 1930. The molecule has 0 atom stereocenters. The summed E-state index contributed by atoms with van der Waals surface area (Å²) in [4.78, 5) is 0. The largest absolute Gasteiger partial charge is 0.158 e. The van der Waals surface area contributed by atoms with Crippen molar-refractivity contribution in [3.8, 4) is 44.5 Å². The van der Waals surface area contributed by atoms with E-state index in [1.807, 2.05) is 12.4 Å². The fraction of sp³-hybridized carbons (Fsp3) is 0.200. The minimum atomic E-state index is -0.175. The molecule has 0 saturated heterocycles. The molecular formula is C40H34N2. The van der Waals surface area contributed by atoms with Gasteiger partial charge in [0.2, 0.25) is 0 Å². The van der Waals surface area contributed by atoms with Crippen molar-refractivity contribution in [2.45, 2.75) is 52.4 Å². The van der Waals surface area contributed by atoms with E-state index in [1.165, 1.54) is 88.7 Å². The summed E-state index contributed by atoms with van der Waals surface area (Å²) in [6.07, 6.45) is 3.97. The number of fused-ring (bicyclic) bond motifs is 10. The maximum atomic E-state index is 4.41. The van der Waals surface area contributed by atoms with Gasteiger partial charge >= 0.3 is 0 Å². The fourth-order valence-electron chi connectivity index (χ4n) is 7.73. The van der Waals surface area contributed by atoms with Crippen LogP contribution >= 0.6 is 0 Å². The lowest BCUT2D eigenvalue weighted by atomic mass is 9.71. The lowest BCUT2D eigenvalue weighted by Crippen LogP contribution is -2.24. The molecule has 2 nitrogen and oxygen atoms in total. The quantitative estimate of drug-likeness (QED) is 0.217. The van der Waals surface area contributed by atoms with Gasteiger partial charge in [-0.15, -0.1) is 0 Å². The van der Waals surface area contributed by atoms with Crippen LogP contribution in [0.25, 0.3) is 55.3 Å². The van der Waals surface area contributed by atoms with E-state index in [1.54, 1.807) is 0 Å². The first-order valence-electron chi connectivity index (χ1n) is 14.9. The summed E-state index contributed by atoms with van der Waals surface area (Å²) in [5.74, 6) is 0. The van der Waals surface area contributed by atoms with Crippen LogP contribution < -0.4 is 0 Å². The summed E-state index contributed by atoms with van der Waals surface area (Å²) in [6, 6.07) is 31.9. The molecule has 0 unspecified atom stereocenters. The molecule has 2 aliphatic rings. The first kappa shape index (κ1) is 25.2. The van der Waals surface area contributed by atoms with Gasteiger partial charge in [0.05, 0.1) is 12.4 Å². The molecule has 0 spiro atoms. The van der Waals surface area contributed by atoms with E-state index >= 15 is 0 Å². The van der Waals surface area contributed by atoms with Crippen molar-refractivity contribution in [2.75, 3.05) is 0 Å². The van der Waals surface area contributed by atoms with Crippen LogP contribution in [0.2, 0.25) is 0 Å². The Kier molecular flexibility index (Phi) is 5.09. The number of rotatable bonds is 2. The van der Waals surface area contributed by atoms with E-state index in [-0.39, 0.29) is 10.8 Å². The third-order valence-electron chi connectivity index (χ3n) is 9.96. The molecule has 0 amide bonds. The molecular weight excluding hydrogens is 508 g/mol. The molecule has 0 radical (unpaired) electrons. The number of nitrogens with zero attached hydrogens (tertiary/aromatic N) is 2. The van der Waals surface area contributed by atoms with Gasteiger partial charge in [0.1, 0.15) is 0 Å². The van der Waals surface area contributed by atoms with Crippen LogP contribution in [0.4, 0.5) is 0 Å². The highest BCUT2D eigenvalue weighted by molar-refractivity contribution is 6.12. The summed E-state index contributed by atoms with van der Waals surface area (Å²) in [6.45, 7) is 13.9. The van der Waals surface area contributed by atoms with E-state index < -0.39 is 0 Å². The van der Waals surface area contributed by atoms with Crippen molar-refractivity contribution < 1.29 is 0 Å². The molecule has 1 aromatic heterocycles. The molecule has 204 valence electrons. The number of hydrogen-bond acceptors (Lipinski definition) is 2. The maximum Gasteiger partial charge on any atom is 0.0581 e. The molecule has 0 bridgehead atoms. The Labute approximate surface area is 248 Å². The zero-order valence-electron chi connectivity index (χ0n) is 25.1. The average Bonchev–Trinajstić information content (AvgIpc) is 3.37. The smallest absolute Gasteiger partial charge is 0.0581 e. The molecule has 0 fully saturated rings. The molecule has 1 heterocycles. The summed E-state index contributed by atoms with van der Waals surface area (Å²) in [7, 11) is 0. The molecule has 2 heteroatoms. The normalized spacial score (nSPS) is 15.3. The van der Waals surface area contributed by atoms with Crippen LogP contribution in [0.5, 0.6) is 0 Å². The van der Waals surface area contributed by atoms with Crippen molar-refractivity contribution in [1.29, 1.82) is 0 Å². The SMILES string of the molecule is Cc1ccc(-c2ccc3c(c2)C(C)(C)c2c4c(c5cnncc5c2-3)-c2ccc(-c3ccc(C)cc3)cc2C4(C)C)cc1. The Morgan fingerprint density at radius 2 is 0.810 bits per heavy atom. The van der Waals surface area contributed by atoms with Crippen molar-refractivity contribution >= 4 is 10.8 Å². The standard InChI is InChI=1S/C40H34N2/c1-23-7-11-25(12-8-23)27-15-17-29-33(19-27)39(3,4)37-35(29)31-21-41-42-22-32(31)36-30-18-16-28(26-13-9-24(2)10-14-26)20-34(30)40(5,6)38(36)37/h7-22H,1-6H3. The monoisotopic (exact) mass is 542 g/mol. The number of hydrogen-bond donors (Lipinski definition) is 0. The first-order valence-corrected chi connectivity index (χ1v) is 14.9. The third kappa shape index (κ3) is 3.32. The van der Waals surface area contributed by atoms with Gasteiger partial charge in [0.15, 0.2) is 0 Å². The average molecular weight is 543 g/mol. The highest BCUT2D eigenvalue weighted by Crippen LogP contribution is 2.62. The molecule has 2 aliphatic carbocycles. The summed E-state index contributed by atoms with van der Waals surface area (Å²) < 4.78 is 0. The van der Waals surface area contributed by atoms with Gasteiger partial charge in [-0.3, -0.25) is 0 Å². The van der Waals surface area contributed by atoms with E-state index in [4.69, 9.17) is 0 Å². The minimum absolute atomic E-state index is 0.175. The van der Waals surface area contributed by atoms with Crippen LogP contribution in [0.1, 0.15) is 61.1 Å². The zero-order valence-corrected chi connectivity index (χ0v) is 25.1. The van der Waals surface area contributed by atoms with Gasteiger partial charge in [-0.25, -0.2) is 0 Å². The first-order chi connectivity index (χ1) is 20.2. The fourth-order valence-corrected chi connectivity index (χ4v) is 7.73. The van der Waals surface area contributed by atoms with E-state index in [0.29, 0.717) is 0 Å². The van der Waals surface area contributed by atoms with E-state index in [9.17, 15) is 0 Å². The van der Waals surface area contributed by atoms with Crippen LogP contribution in [-0.2, 0) is 10.8 Å². The van der Waals surface area contributed by atoms with Gasteiger partial charge in [0, 0.05) is 21.6 Å². The zero-order chi connectivity index (χ0) is 29.0. The predicted octanol–water partition coefficient (Wildman–Crippen LogP) is 10.2. The molecule has 0 N–H and O–H groups in total. The van der Waals surface area contributed by atoms with Gasteiger partial charge < -0.3 is 0 Å². The Morgan fingerprint density at radius 1 is 0.452 bits per heavy atom. The lowest BCUT2D eigenvalue weighted by molar-refractivity contribution is 0.602. The third-order valence-corrected chi connectivity index (χ3v) is 9.96. The Balaban J connectivity index is 1.40. The maximum absolute atomic E-state index is 4.41. The molecule has 6 aromatic rings. The topological polar surface area (TPSA) is 25.8 Å². The molecule has 8 rings (SSSR count). The van der Waals surface area contributed by atoms with Crippen LogP contribution in [0, 0.1) is 13.8 Å². The molecule has 0 aliphatic heterocycles. The highest BCUT2D eigenvalue weighted by atomic mass is 15.1. The molecule has 5 aromatic carbocycles. The number of aryl methyl sites for hydroxylation is 2. The second-order valence-corrected chi connectivity index (χ2v) is 13.3. The van der Waals surface area contributed by atoms with Gasteiger partial charge in [-0.2, -0.15) is 10.2 Å². The molecule has 0 saturated carbocycles. The van der Waals surface area contributed by atoms with Crippen LogP contribution in [-0.4, -0.2) is 10.2 Å². The van der Waals surface area contributed by atoms with Gasteiger partial charge in [-0.05, 0) is 92.7 Å². The lowest BCUT2D eigenvalue weighted by Gasteiger charge is -2.31. The van der Waals surface area contributed by atoms with E-state index in [2.05, 4.69) is 137 Å². The second kappa shape index (κ2) is 8.49. The second-order valence-electron chi connectivity index (χ2n) is 13.3. The predicted molar refractivity (Wildman–Crippen MR) is 175 cm³/mol. The van der Waals surface area contributed by atoms with Gasteiger partial charge in [-0.1, -0.05) is 112 Å². The number of benzene rings is 5.